The van der Waals surface area contributed by atoms with Crippen LogP contribution >= 0.6 is 15.9 Å². The summed E-state index contributed by atoms with van der Waals surface area (Å²) in [6.45, 7) is 9.69. The van der Waals surface area contributed by atoms with Crippen LogP contribution in [0.3, 0.4) is 0 Å². The summed E-state index contributed by atoms with van der Waals surface area (Å²) in [7, 11) is 0. The summed E-state index contributed by atoms with van der Waals surface area (Å²) in [6.07, 6.45) is 3.19. The van der Waals surface area contributed by atoms with Crippen LogP contribution in [-0.4, -0.2) is 21.2 Å². The predicted octanol–water partition coefficient (Wildman–Crippen LogP) is 3.36. The molecule has 3 unspecified atom stereocenters. The Hall–Kier alpha value is -0.350. The van der Waals surface area contributed by atoms with E-state index in [4.69, 9.17) is 0 Å². The lowest BCUT2D eigenvalue weighted by atomic mass is 10.1. The van der Waals surface area contributed by atoms with E-state index in [1.54, 1.807) is 0 Å². The lowest BCUT2D eigenvalue weighted by Gasteiger charge is -2.18. The smallest absolute Gasteiger partial charge is 0.0762 e. The van der Waals surface area contributed by atoms with Gasteiger partial charge in [0.05, 0.1) is 5.69 Å². The summed E-state index contributed by atoms with van der Waals surface area (Å²) in [5.74, 6) is 0.631. The van der Waals surface area contributed by atoms with E-state index in [2.05, 4.69) is 71.0 Å². The Balaban J connectivity index is 2.44. The minimum atomic E-state index is 0.489. The molecule has 0 saturated carbocycles. The van der Waals surface area contributed by atoms with Gasteiger partial charge in [-0.05, 0) is 32.3 Å². The van der Waals surface area contributed by atoms with Gasteiger partial charge in [-0.15, -0.1) is 0 Å². The highest BCUT2D eigenvalue weighted by Crippen LogP contribution is 2.10. The molecule has 3 atom stereocenters. The van der Waals surface area contributed by atoms with Crippen LogP contribution in [0.25, 0.3) is 0 Å². The summed E-state index contributed by atoms with van der Waals surface area (Å²) >= 11 is 3.51. The lowest BCUT2D eigenvalue weighted by Crippen LogP contribution is -2.32. The van der Waals surface area contributed by atoms with Crippen molar-refractivity contribution in [1.82, 2.24) is 15.1 Å². The highest BCUT2D eigenvalue weighted by Gasteiger charge is 2.11. The Morgan fingerprint density at radius 2 is 2.12 bits per heavy atom. The summed E-state index contributed by atoms with van der Waals surface area (Å²) in [6, 6.07) is 3.09. The van der Waals surface area contributed by atoms with E-state index in [0.717, 1.165) is 24.0 Å². The van der Waals surface area contributed by atoms with Crippen LogP contribution in [0, 0.1) is 5.92 Å². The average Bonchev–Trinajstić information content (AvgIpc) is 2.82. The van der Waals surface area contributed by atoms with Gasteiger partial charge >= 0.3 is 0 Å². The molecule has 0 saturated heterocycles. The van der Waals surface area contributed by atoms with Crippen molar-refractivity contribution in [1.29, 1.82) is 0 Å². The van der Waals surface area contributed by atoms with Gasteiger partial charge in [0.15, 0.2) is 0 Å². The van der Waals surface area contributed by atoms with Crippen molar-refractivity contribution < 1.29 is 0 Å². The summed E-state index contributed by atoms with van der Waals surface area (Å²) < 4.78 is 2.05. The molecule has 0 aromatic carbocycles. The number of halogens is 1. The standard InChI is InChI=1S/C13H24BrN3/c1-5-11(3)17-7-6-13(16-17)9-15-12(4)10(2)8-14/h6-7,10-12,15H,5,8-9H2,1-4H3. The molecule has 3 nitrogen and oxygen atoms in total. The Labute approximate surface area is 113 Å². The molecule has 1 N–H and O–H groups in total. The molecule has 0 amide bonds. The van der Waals surface area contributed by atoms with Gasteiger partial charge in [0.1, 0.15) is 0 Å². The third-order valence-corrected chi connectivity index (χ3v) is 4.43. The molecule has 4 heteroatoms. The fourth-order valence-corrected chi connectivity index (χ4v) is 2.07. The number of hydrogen-bond acceptors (Lipinski definition) is 2. The second kappa shape index (κ2) is 7.17. The van der Waals surface area contributed by atoms with E-state index in [1.807, 2.05) is 0 Å². The third kappa shape index (κ3) is 4.43. The largest absolute Gasteiger partial charge is 0.308 e. The maximum atomic E-state index is 4.58. The molecule has 0 aliphatic carbocycles. The first-order chi connectivity index (χ1) is 8.08. The first-order valence-electron chi connectivity index (χ1n) is 6.41. The van der Waals surface area contributed by atoms with E-state index in [-0.39, 0.29) is 0 Å². The zero-order chi connectivity index (χ0) is 12.8. The lowest BCUT2D eigenvalue weighted by molar-refractivity contribution is 0.424. The molecule has 17 heavy (non-hydrogen) atoms. The fourth-order valence-electron chi connectivity index (χ4n) is 1.50. The van der Waals surface area contributed by atoms with Gasteiger partial charge in [0.25, 0.3) is 0 Å². The van der Waals surface area contributed by atoms with Gasteiger partial charge < -0.3 is 5.32 Å². The number of nitrogens with zero attached hydrogens (tertiary/aromatic N) is 2. The van der Waals surface area contributed by atoms with Crippen molar-refractivity contribution >= 4 is 15.9 Å². The molecule has 0 spiro atoms. The van der Waals surface area contributed by atoms with Crippen molar-refractivity contribution in [2.75, 3.05) is 5.33 Å². The zero-order valence-corrected chi connectivity index (χ0v) is 12.9. The van der Waals surface area contributed by atoms with Crippen LogP contribution < -0.4 is 5.32 Å². The number of alkyl halides is 1. The minimum absolute atomic E-state index is 0.489. The Morgan fingerprint density at radius 1 is 1.41 bits per heavy atom. The number of aromatic nitrogens is 2. The van der Waals surface area contributed by atoms with Crippen molar-refractivity contribution in [2.45, 2.75) is 52.7 Å². The first kappa shape index (κ1) is 14.7. The van der Waals surface area contributed by atoms with Crippen LogP contribution in [0.2, 0.25) is 0 Å². The van der Waals surface area contributed by atoms with E-state index >= 15 is 0 Å². The molecule has 0 aliphatic rings. The summed E-state index contributed by atoms with van der Waals surface area (Å²) in [4.78, 5) is 0. The maximum Gasteiger partial charge on any atom is 0.0762 e. The van der Waals surface area contributed by atoms with Crippen molar-refractivity contribution in [2.24, 2.45) is 5.92 Å². The molecule has 1 rings (SSSR count). The van der Waals surface area contributed by atoms with Gasteiger partial charge in [-0.2, -0.15) is 5.10 Å². The van der Waals surface area contributed by atoms with Crippen molar-refractivity contribution in [3.63, 3.8) is 0 Å². The van der Waals surface area contributed by atoms with E-state index in [1.165, 1.54) is 0 Å². The molecule has 0 fully saturated rings. The van der Waals surface area contributed by atoms with Gasteiger partial charge in [0, 0.05) is 30.2 Å². The maximum absolute atomic E-state index is 4.58. The predicted molar refractivity (Wildman–Crippen MR) is 76.5 cm³/mol. The Morgan fingerprint density at radius 3 is 2.71 bits per heavy atom. The quantitative estimate of drug-likeness (QED) is 0.783. The normalized spacial score (nSPS) is 16.8. The number of hydrogen-bond donors (Lipinski definition) is 1. The van der Waals surface area contributed by atoms with Crippen LogP contribution in [0.1, 0.15) is 45.9 Å². The van der Waals surface area contributed by atoms with E-state index in [0.29, 0.717) is 18.0 Å². The van der Waals surface area contributed by atoms with Gasteiger partial charge in [-0.25, -0.2) is 0 Å². The van der Waals surface area contributed by atoms with Gasteiger partial charge in [-0.3, -0.25) is 4.68 Å². The molecule has 98 valence electrons. The Bertz CT molecular complexity index is 324. The summed E-state index contributed by atoms with van der Waals surface area (Å²) in [5.41, 5.74) is 1.12. The highest BCUT2D eigenvalue weighted by atomic mass is 79.9. The second-order valence-electron chi connectivity index (χ2n) is 4.85. The van der Waals surface area contributed by atoms with Crippen molar-refractivity contribution in [3.8, 4) is 0 Å². The van der Waals surface area contributed by atoms with Crippen LogP contribution in [0.15, 0.2) is 12.3 Å². The second-order valence-corrected chi connectivity index (χ2v) is 5.49. The molecule has 1 heterocycles. The minimum Gasteiger partial charge on any atom is -0.308 e. The molecule has 0 bridgehead atoms. The molecule has 0 radical (unpaired) electrons. The zero-order valence-electron chi connectivity index (χ0n) is 11.3. The molecular weight excluding hydrogens is 278 g/mol. The molecule has 1 aromatic rings. The van der Waals surface area contributed by atoms with Crippen LogP contribution in [-0.2, 0) is 6.54 Å². The van der Waals surface area contributed by atoms with E-state index in [9.17, 15) is 0 Å². The van der Waals surface area contributed by atoms with Gasteiger partial charge in [0.2, 0.25) is 0 Å². The number of nitrogens with one attached hydrogen (secondary N) is 1. The topological polar surface area (TPSA) is 29.9 Å². The first-order valence-corrected chi connectivity index (χ1v) is 7.54. The van der Waals surface area contributed by atoms with Crippen LogP contribution in [0.5, 0.6) is 0 Å². The van der Waals surface area contributed by atoms with Gasteiger partial charge in [-0.1, -0.05) is 29.8 Å². The van der Waals surface area contributed by atoms with E-state index < -0.39 is 0 Å². The number of rotatable bonds is 7. The Kier molecular flexibility index (Phi) is 6.20. The average molecular weight is 302 g/mol. The molecule has 0 aliphatic heterocycles. The highest BCUT2D eigenvalue weighted by molar-refractivity contribution is 9.09. The molecule has 1 aromatic heterocycles. The fraction of sp³-hybridized carbons (Fsp3) is 0.769. The SMILES string of the molecule is CCC(C)n1ccc(CNC(C)C(C)CBr)n1. The van der Waals surface area contributed by atoms with Crippen molar-refractivity contribution in [3.05, 3.63) is 18.0 Å². The summed E-state index contributed by atoms with van der Waals surface area (Å²) in [5, 5.41) is 9.12. The van der Waals surface area contributed by atoms with Crippen LogP contribution in [0.4, 0.5) is 0 Å². The third-order valence-electron chi connectivity index (χ3n) is 3.41. The monoisotopic (exact) mass is 301 g/mol. The molecular formula is C13H24BrN3.